The minimum absolute atomic E-state index is 0.0322. The molecular formula is C9H20N2O4S. The molecule has 2 N–H and O–H groups in total. The quantitative estimate of drug-likeness (QED) is 0.654. The number of sulfone groups is 1. The van der Waals surface area contributed by atoms with E-state index in [4.69, 9.17) is 4.74 Å². The lowest BCUT2D eigenvalue weighted by atomic mass is 10.4. The summed E-state index contributed by atoms with van der Waals surface area (Å²) >= 11 is 0. The Balaban J connectivity index is 3.74. The van der Waals surface area contributed by atoms with Crippen LogP contribution in [0.15, 0.2) is 0 Å². The predicted octanol–water partition coefficient (Wildman–Crippen LogP) is -0.245. The summed E-state index contributed by atoms with van der Waals surface area (Å²) in [7, 11) is -1.48. The Morgan fingerprint density at radius 3 is 2.56 bits per heavy atom. The number of hydrogen-bond acceptors (Lipinski definition) is 4. The number of amides is 2. The number of carbonyl (C=O) groups is 1. The van der Waals surface area contributed by atoms with Gasteiger partial charge in [0.2, 0.25) is 0 Å². The topological polar surface area (TPSA) is 84.5 Å². The van der Waals surface area contributed by atoms with Gasteiger partial charge < -0.3 is 15.4 Å². The molecule has 0 aromatic rings. The van der Waals surface area contributed by atoms with Crippen LogP contribution in [0.25, 0.3) is 0 Å². The smallest absolute Gasteiger partial charge is 0.315 e. The largest absolute Gasteiger partial charge is 0.383 e. The average molecular weight is 252 g/mol. The molecule has 0 spiro atoms. The second-order valence-electron chi connectivity index (χ2n) is 3.49. The van der Waals surface area contributed by atoms with E-state index in [9.17, 15) is 13.2 Å². The molecule has 1 unspecified atom stereocenters. The summed E-state index contributed by atoms with van der Waals surface area (Å²) in [6.45, 7) is 3.92. The van der Waals surface area contributed by atoms with E-state index in [1.807, 2.05) is 0 Å². The summed E-state index contributed by atoms with van der Waals surface area (Å²) < 4.78 is 27.1. The van der Waals surface area contributed by atoms with Gasteiger partial charge in [-0.2, -0.15) is 0 Å². The minimum atomic E-state index is -3.02. The first-order valence-electron chi connectivity index (χ1n) is 5.15. The van der Waals surface area contributed by atoms with Gasteiger partial charge in [-0.05, 0) is 6.92 Å². The van der Waals surface area contributed by atoms with E-state index in [2.05, 4.69) is 10.6 Å². The maximum absolute atomic E-state index is 11.2. The Bertz CT molecular complexity index is 303. The van der Waals surface area contributed by atoms with E-state index >= 15 is 0 Å². The molecular weight excluding hydrogens is 232 g/mol. The highest BCUT2D eigenvalue weighted by Gasteiger charge is 2.09. The molecule has 1 atom stereocenters. The molecule has 0 aromatic heterocycles. The predicted molar refractivity (Wildman–Crippen MR) is 62.2 cm³/mol. The van der Waals surface area contributed by atoms with Crippen molar-refractivity contribution >= 4 is 15.9 Å². The van der Waals surface area contributed by atoms with Crippen molar-refractivity contribution in [3.63, 3.8) is 0 Å². The van der Waals surface area contributed by atoms with Crippen molar-refractivity contribution in [2.75, 3.05) is 31.8 Å². The van der Waals surface area contributed by atoms with Crippen LogP contribution in [0.1, 0.15) is 13.8 Å². The fourth-order valence-corrected chi connectivity index (χ4v) is 1.73. The van der Waals surface area contributed by atoms with Crippen molar-refractivity contribution < 1.29 is 17.9 Å². The number of rotatable bonds is 7. The van der Waals surface area contributed by atoms with Crippen molar-refractivity contribution in [3.8, 4) is 0 Å². The lowest BCUT2D eigenvalue weighted by molar-refractivity contribution is 0.171. The van der Waals surface area contributed by atoms with Gasteiger partial charge in [0.25, 0.3) is 0 Å². The molecule has 0 aliphatic carbocycles. The highest BCUT2D eigenvalue weighted by Crippen LogP contribution is 1.87. The van der Waals surface area contributed by atoms with Gasteiger partial charge in [-0.3, -0.25) is 0 Å². The van der Waals surface area contributed by atoms with Crippen LogP contribution in [0, 0.1) is 0 Å². The molecule has 16 heavy (non-hydrogen) atoms. The molecule has 2 amide bonds. The summed E-state index contributed by atoms with van der Waals surface area (Å²) in [5.41, 5.74) is 0. The van der Waals surface area contributed by atoms with E-state index in [0.717, 1.165) is 0 Å². The lowest BCUT2D eigenvalue weighted by Gasteiger charge is -2.13. The van der Waals surface area contributed by atoms with Crippen molar-refractivity contribution in [3.05, 3.63) is 0 Å². The van der Waals surface area contributed by atoms with Gasteiger partial charge in [0.1, 0.15) is 0 Å². The molecule has 0 saturated heterocycles. The van der Waals surface area contributed by atoms with Crippen LogP contribution in [-0.4, -0.2) is 52.3 Å². The molecule has 0 aromatic carbocycles. The second-order valence-corrected chi connectivity index (χ2v) is 5.97. The number of carbonyl (C=O) groups excluding carboxylic acids is 1. The Morgan fingerprint density at radius 1 is 1.44 bits per heavy atom. The molecule has 0 aliphatic rings. The van der Waals surface area contributed by atoms with Gasteiger partial charge in [-0.1, -0.05) is 6.92 Å². The molecule has 0 aliphatic heterocycles. The third-order valence-electron chi connectivity index (χ3n) is 1.93. The van der Waals surface area contributed by atoms with Gasteiger partial charge in [-0.15, -0.1) is 0 Å². The summed E-state index contributed by atoms with van der Waals surface area (Å²) in [4.78, 5) is 11.2. The second kappa shape index (κ2) is 7.45. The van der Waals surface area contributed by atoms with Gasteiger partial charge in [0, 0.05) is 19.4 Å². The van der Waals surface area contributed by atoms with Crippen LogP contribution in [0.5, 0.6) is 0 Å². The first-order valence-corrected chi connectivity index (χ1v) is 6.97. The normalized spacial score (nSPS) is 13.2. The molecule has 0 heterocycles. The van der Waals surface area contributed by atoms with Crippen LogP contribution in [0.2, 0.25) is 0 Å². The molecule has 6 nitrogen and oxygen atoms in total. The minimum Gasteiger partial charge on any atom is -0.383 e. The van der Waals surface area contributed by atoms with E-state index in [1.54, 1.807) is 21.0 Å². The van der Waals surface area contributed by atoms with E-state index in [-0.39, 0.29) is 30.1 Å². The summed E-state index contributed by atoms with van der Waals surface area (Å²) in [6, 6.07) is -0.483. The third kappa shape index (κ3) is 7.47. The molecule has 0 radical (unpaired) electrons. The molecule has 96 valence electrons. The standard InChI is InChI=1S/C9H20N2O4S/c1-4-16(13,14)6-5-10-9(12)11-8(2)7-15-3/h8H,4-7H2,1-3H3,(H2,10,11,12). The number of methoxy groups -OCH3 is 1. The van der Waals surface area contributed by atoms with Gasteiger partial charge >= 0.3 is 6.03 Å². The molecule has 0 rings (SSSR count). The Hall–Kier alpha value is -0.820. The number of hydrogen-bond donors (Lipinski definition) is 2. The fraction of sp³-hybridized carbons (Fsp3) is 0.889. The zero-order chi connectivity index (χ0) is 12.6. The maximum atomic E-state index is 11.2. The van der Waals surface area contributed by atoms with E-state index < -0.39 is 9.84 Å². The highest BCUT2D eigenvalue weighted by molar-refractivity contribution is 7.91. The molecule has 7 heteroatoms. The number of ether oxygens (including phenoxy) is 1. The van der Waals surface area contributed by atoms with Crippen LogP contribution in [0.3, 0.4) is 0 Å². The Labute approximate surface area is 96.7 Å². The highest BCUT2D eigenvalue weighted by atomic mass is 32.2. The molecule has 0 fully saturated rings. The monoisotopic (exact) mass is 252 g/mol. The van der Waals surface area contributed by atoms with Crippen molar-refractivity contribution in [2.24, 2.45) is 0 Å². The SMILES string of the molecule is CCS(=O)(=O)CCNC(=O)NC(C)COC. The van der Waals surface area contributed by atoms with Gasteiger partial charge in [0.15, 0.2) is 9.84 Å². The Kier molecular flexibility index (Phi) is 7.07. The summed E-state index contributed by atoms with van der Waals surface area (Å²) in [5.74, 6) is 0.0615. The first kappa shape index (κ1) is 15.2. The summed E-state index contributed by atoms with van der Waals surface area (Å²) in [5, 5.41) is 5.09. The zero-order valence-corrected chi connectivity index (χ0v) is 10.8. The van der Waals surface area contributed by atoms with Crippen molar-refractivity contribution in [1.82, 2.24) is 10.6 Å². The third-order valence-corrected chi connectivity index (χ3v) is 3.64. The van der Waals surface area contributed by atoms with Crippen molar-refractivity contribution in [2.45, 2.75) is 19.9 Å². The Morgan fingerprint density at radius 2 is 2.06 bits per heavy atom. The molecule has 0 bridgehead atoms. The van der Waals surface area contributed by atoms with Crippen LogP contribution < -0.4 is 10.6 Å². The number of urea groups is 1. The number of nitrogens with one attached hydrogen (secondary N) is 2. The fourth-order valence-electron chi connectivity index (χ4n) is 1.03. The average Bonchev–Trinajstić information content (AvgIpc) is 2.17. The van der Waals surface area contributed by atoms with Gasteiger partial charge in [-0.25, -0.2) is 13.2 Å². The van der Waals surface area contributed by atoms with Crippen LogP contribution in [-0.2, 0) is 14.6 Å². The van der Waals surface area contributed by atoms with E-state index in [1.165, 1.54) is 0 Å². The van der Waals surface area contributed by atoms with Crippen molar-refractivity contribution in [1.29, 1.82) is 0 Å². The van der Waals surface area contributed by atoms with Gasteiger partial charge in [0.05, 0.1) is 18.4 Å². The summed E-state index contributed by atoms with van der Waals surface area (Å²) in [6.07, 6.45) is 0. The molecule has 0 saturated carbocycles. The van der Waals surface area contributed by atoms with E-state index in [0.29, 0.717) is 6.61 Å². The maximum Gasteiger partial charge on any atom is 0.315 e. The lowest BCUT2D eigenvalue weighted by Crippen LogP contribution is -2.44. The first-order chi connectivity index (χ1) is 7.41. The van der Waals surface area contributed by atoms with Crippen LogP contribution >= 0.6 is 0 Å². The zero-order valence-electron chi connectivity index (χ0n) is 9.95. The van der Waals surface area contributed by atoms with Crippen LogP contribution in [0.4, 0.5) is 4.79 Å².